The molecule has 128 valence electrons. The largest absolute Gasteiger partial charge is 0.372 e. The zero-order valence-corrected chi connectivity index (χ0v) is 14.3. The van der Waals surface area contributed by atoms with E-state index in [0.717, 1.165) is 12.1 Å². The molecule has 6 nitrogen and oxygen atoms in total. The molecule has 0 spiro atoms. The molecule has 1 N–H and O–H groups in total. The van der Waals surface area contributed by atoms with Gasteiger partial charge in [-0.05, 0) is 32.3 Å². The average Bonchev–Trinajstić information content (AvgIpc) is 3.23. The average molecular weight is 320 g/mol. The third-order valence-electron chi connectivity index (χ3n) is 5.16. The maximum absolute atomic E-state index is 12.4. The summed E-state index contributed by atoms with van der Waals surface area (Å²) < 4.78 is 7.85. The van der Waals surface area contributed by atoms with Gasteiger partial charge in [0.1, 0.15) is 0 Å². The molecule has 3 rings (SSSR count). The number of morpholine rings is 1. The van der Waals surface area contributed by atoms with Crippen molar-refractivity contribution >= 4 is 6.03 Å². The lowest BCUT2D eigenvalue weighted by Gasteiger charge is -2.39. The minimum absolute atomic E-state index is 0.0246. The Labute approximate surface area is 138 Å². The number of hydrogen-bond donors (Lipinski definition) is 1. The maximum atomic E-state index is 12.4. The predicted octanol–water partition coefficient (Wildman–Crippen LogP) is 2.71. The van der Waals surface area contributed by atoms with E-state index in [-0.39, 0.29) is 11.6 Å². The Morgan fingerprint density at radius 3 is 3.00 bits per heavy atom. The zero-order valence-electron chi connectivity index (χ0n) is 14.3. The van der Waals surface area contributed by atoms with Crippen LogP contribution in [0.5, 0.6) is 0 Å². The molecule has 1 aromatic heterocycles. The smallest absolute Gasteiger partial charge is 0.317 e. The number of amides is 2. The number of urea groups is 1. The highest BCUT2D eigenvalue weighted by molar-refractivity contribution is 5.74. The first-order valence-electron chi connectivity index (χ1n) is 8.80. The fraction of sp³-hybridized carbons (Fsp3) is 0.765. The van der Waals surface area contributed by atoms with Crippen molar-refractivity contribution in [2.75, 3.05) is 19.7 Å². The first kappa shape index (κ1) is 16.3. The van der Waals surface area contributed by atoms with E-state index in [4.69, 9.17) is 4.74 Å². The van der Waals surface area contributed by atoms with Crippen molar-refractivity contribution in [3.05, 3.63) is 18.0 Å². The fourth-order valence-electron chi connectivity index (χ4n) is 3.44. The Morgan fingerprint density at radius 2 is 2.26 bits per heavy atom. The summed E-state index contributed by atoms with van der Waals surface area (Å²) in [6.45, 7) is 6.55. The summed E-state index contributed by atoms with van der Waals surface area (Å²) in [7, 11) is 0. The fourth-order valence-corrected chi connectivity index (χ4v) is 3.44. The SMILES string of the molecule is CCC1(C)CN(C(=O)NCc2ccn(C3CCCC3)n2)CCO1. The first-order valence-corrected chi connectivity index (χ1v) is 8.80. The van der Waals surface area contributed by atoms with Crippen LogP contribution in [0.1, 0.15) is 57.7 Å². The van der Waals surface area contributed by atoms with E-state index >= 15 is 0 Å². The molecular weight excluding hydrogens is 292 g/mol. The normalized spacial score (nSPS) is 25.7. The van der Waals surface area contributed by atoms with Crippen molar-refractivity contribution in [2.45, 2.75) is 64.1 Å². The van der Waals surface area contributed by atoms with Gasteiger partial charge in [0.25, 0.3) is 0 Å². The molecule has 1 saturated heterocycles. The van der Waals surface area contributed by atoms with Gasteiger partial charge in [-0.25, -0.2) is 4.79 Å². The maximum Gasteiger partial charge on any atom is 0.317 e. The van der Waals surface area contributed by atoms with Crippen LogP contribution in [0, 0.1) is 0 Å². The van der Waals surface area contributed by atoms with Gasteiger partial charge in [0.05, 0.1) is 37.0 Å². The first-order chi connectivity index (χ1) is 11.1. The van der Waals surface area contributed by atoms with Crippen LogP contribution in [0.25, 0.3) is 0 Å². The van der Waals surface area contributed by atoms with Gasteiger partial charge in [0.15, 0.2) is 0 Å². The molecule has 1 unspecified atom stereocenters. The van der Waals surface area contributed by atoms with Gasteiger partial charge in [-0.1, -0.05) is 19.8 Å². The molecule has 1 atom stereocenters. The Bertz CT molecular complexity index is 538. The third kappa shape index (κ3) is 3.86. The summed E-state index contributed by atoms with van der Waals surface area (Å²) in [5, 5.41) is 7.60. The number of hydrogen-bond acceptors (Lipinski definition) is 3. The second kappa shape index (κ2) is 6.91. The molecule has 0 radical (unpaired) electrons. The third-order valence-corrected chi connectivity index (χ3v) is 5.16. The molecule has 0 aromatic carbocycles. The van der Waals surface area contributed by atoms with Gasteiger partial charge in [0, 0.05) is 12.7 Å². The van der Waals surface area contributed by atoms with Crippen LogP contribution < -0.4 is 5.32 Å². The van der Waals surface area contributed by atoms with Crippen molar-refractivity contribution in [3.8, 4) is 0 Å². The number of carbonyl (C=O) groups is 1. The van der Waals surface area contributed by atoms with E-state index in [0.29, 0.717) is 32.3 Å². The molecule has 1 saturated carbocycles. The highest BCUT2D eigenvalue weighted by Gasteiger charge is 2.32. The highest BCUT2D eigenvalue weighted by Crippen LogP contribution is 2.28. The van der Waals surface area contributed by atoms with Gasteiger partial charge in [-0.2, -0.15) is 5.10 Å². The van der Waals surface area contributed by atoms with Crippen LogP contribution in [-0.2, 0) is 11.3 Å². The van der Waals surface area contributed by atoms with E-state index in [1.807, 2.05) is 17.2 Å². The van der Waals surface area contributed by atoms with Crippen LogP contribution in [0.15, 0.2) is 12.3 Å². The van der Waals surface area contributed by atoms with Gasteiger partial charge >= 0.3 is 6.03 Å². The van der Waals surface area contributed by atoms with E-state index in [2.05, 4.69) is 28.9 Å². The van der Waals surface area contributed by atoms with Crippen molar-refractivity contribution in [3.63, 3.8) is 0 Å². The van der Waals surface area contributed by atoms with Crippen LogP contribution in [0.3, 0.4) is 0 Å². The second-order valence-electron chi connectivity index (χ2n) is 6.96. The Kier molecular flexibility index (Phi) is 4.90. The van der Waals surface area contributed by atoms with Crippen molar-refractivity contribution < 1.29 is 9.53 Å². The minimum atomic E-state index is -0.223. The van der Waals surface area contributed by atoms with Gasteiger partial charge in [0.2, 0.25) is 0 Å². The number of aromatic nitrogens is 2. The quantitative estimate of drug-likeness (QED) is 0.928. The number of nitrogens with zero attached hydrogens (tertiary/aromatic N) is 3. The Morgan fingerprint density at radius 1 is 1.48 bits per heavy atom. The number of carbonyl (C=O) groups excluding carboxylic acids is 1. The van der Waals surface area contributed by atoms with E-state index in [1.54, 1.807) is 0 Å². The van der Waals surface area contributed by atoms with Gasteiger partial charge in [-0.15, -0.1) is 0 Å². The molecule has 0 bridgehead atoms. The molecule has 1 aromatic rings. The number of ether oxygens (including phenoxy) is 1. The lowest BCUT2D eigenvalue weighted by Crippen LogP contribution is -2.54. The number of rotatable bonds is 4. The zero-order chi connectivity index (χ0) is 16.3. The summed E-state index contributed by atoms with van der Waals surface area (Å²) in [6.07, 6.45) is 7.98. The summed E-state index contributed by atoms with van der Waals surface area (Å²) >= 11 is 0. The summed E-state index contributed by atoms with van der Waals surface area (Å²) in [5.41, 5.74) is 0.705. The summed E-state index contributed by atoms with van der Waals surface area (Å²) in [4.78, 5) is 14.2. The van der Waals surface area contributed by atoms with Crippen molar-refractivity contribution in [1.29, 1.82) is 0 Å². The lowest BCUT2D eigenvalue weighted by molar-refractivity contribution is -0.0872. The topological polar surface area (TPSA) is 59.4 Å². The molecule has 2 aliphatic rings. The summed E-state index contributed by atoms with van der Waals surface area (Å²) in [6, 6.07) is 2.53. The van der Waals surface area contributed by atoms with E-state index in [1.165, 1.54) is 25.7 Å². The van der Waals surface area contributed by atoms with Gasteiger partial charge < -0.3 is 15.0 Å². The molecule has 2 amide bonds. The Balaban J connectivity index is 1.50. The highest BCUT2D eigenvalue weighted by atomic mass is 16.5. The summed E-state index contributed by atoms with van der Waals surface area (Å²) in [5.74, 6) is 0. The number of nitrogens with one attached hydrogen (secondary N) is 1. The van der Waals surface area contributed by atoms with Crippen LogP contribution in [-0.4, -0.2) is 46.0 Å². The van der Waals surface area contributed by atoms with E-state index in [9.17, 15) is 4.79 Å². The molecule has 2 fully saturated rings. The van der Waals surface area contributed by atoms with Crippen LogP contribution >= 0.6 is 0 Å². The van der Waals surface area contributed by atoms with Crippen molar-refractivity contribution in [1.82, 2.24) is 20.0 Å². The van der Waals surface area contributed by atoms with Crippen LogP contribution in [0.2, 0.25) is 0 Å². The van der Waals surface area contributed by atoms with Crippen molar-refractivity contribution in [2.24, 2.45) is 0 Å². The molecular formula is C17H28N4O2. The molecule has 1 aliphatic carbocycles. The standard InChI is InChI=1S/C17H28N4O2/c1-3-17(2)13-20(10-11-23-17)16(22)18-12-14-8-9-21(19-14)15-6-4-5-7-15/h8-9,15H,3-7,10-13H2,1-2H3,(H,18,22). The second-order valence-corrected chi connectivity index (χ2v) is 6.96. The molecule has 23 heavy (non-hydrogen) atoms. The lowest BCUT2D eigenvalue weighted by atomic mass is 10.0. The monoisotopic (exact) mass is 320 g/mol. The van der Waals surface area contributed by atoms with Crippen LogP contribution in [0.4, 0.5) is 4.79 Å². The van der Waals surface area contributed by atoms with E-state index < -0.39 is 0 Å². The molecule has 2 heterocycles. The Hall–Kier alpha value is -1.56. The molecule has 6 heteroatoms. The minimum Gasteiger partial charge on any atom is -0.372 e. The van der Waals surface area contributed by atoms with Gasteiger partial charge in [-0.3, -0.25) is 4.68 Å². The molecule has 1 aliphatic heterocycles. The predicted molar refractivity (Wildman–Crippen MR) is 88.2 cm³/mol.